The standard InChI is InChI=1S/C14H19N3O/c18-14(7-11-3-1-2-4-11)16-9-13-8-15-10-17(13)12-5-6-12/h1,3,8,10-12H,2,4-7,9H2,(H,16,18)/t11-/m0/s1. The first-order chi connectivity index (χ1) is 8.83. The number of amides is 1. The molecule has 1 N–H and O–H groups in total. The molecule has 1 aromatic heterocycles. The summed E-state index contributed by atoms with van der Waals surface area (Å²) in [7, 11) is 0. The van der Waals surface area contributed by atoms with Crippen molar-refractivity contribution < 1.29 is 4.79 Å². The van der Waals surface area contributed by atoms with E-state index in [0.717, 1.165) is 18.5 Å². The Kier molecular flexibility index (Phi) is 3.17. The molecule has 0 saturated heterocycles. The van der Waals surface area contributed by atoms with Crippen LogP contribution in [0.25, 0.3) is 0 Å². The molecule has 0 spiro atoms. The second-order valence-electron chi connectivity index (χ2n) is 5.27. The van der Waals surface area contributed by atoms with E-state index in [1.807, 2.05) is 12.5 Å². The van der Waals surface area contributed by atoms with Crippen LogP contribution in [-0.4, -0.2) is 15.5 Å². The van der Waals surface area contributed by atoms with E-state index in [-0.39, 0.29) is 5.91 Å². The first-order valence-electron chi connectivity index (χ1n) is 6.77. The van der Waals surface area contributed by atoms with Gasteiger partial charge in [-0.2, -0.15) is 0 Å². The minimum absolute atomic E-state index is 0.148. The van der Waals surface area contributed by atoms with Crippen molar-refractivity contribution in [2.45, 2.75) is 44.7 Å². The second kappa shape index (κ2) is 4.96. The van der Waals surface area contributed by atoms with Crippen LogP contribution in [0, 0.1) is 5.92 Å². The van der Waals surface area contributed by atoms with Crippen LogP contribution in [0.5, 0.6) is 0 Å². The summed E-state index contributed by atoms with van der Waals surface area (Å²) in [4.78, 5) is 16.0. The lowest BCUT2D eigenvalue weighted by atomic mass is 10.1. The SMILES string of the molecule is O=C(C[C@H]1C=CCC1)NCc1cncn1C1CC1. The zero-order chi connectivity index (χ0) is 12.4. The number of allylic oxidation sites excluding steroid dienone is 2. The van der Waals surface area contributed by atoms with Crippen LogP contribution in [0.3, 0.4) is 0 Å². The van der Waals surface area contributed by atoms with E-state index in [4.69, 9.17) is 0 Å². The van der Waals surface area contributed by atoms with Crippen molar-refractivity contribution in [3.8, 4) is 0 Å². The Balaban J connectivity index is 1.49. The van der Waals surface area contributed by atoms with E-state index >= 15 is 0 Å². The number of hydrogen-bond acceptors (Lipinski definition) is 2. The lowest BCUT2D eigenvalue weighted by Crippen LogP contribution is -2.25. The molecule has 1 aromatic rings. The number of aromatic nitrogens is 2. The summed E-state index contributed by atoms with van der Waals surface area (Å²) in [6, 6.07) is 0.622. The molecule has 1 atom stereocenters. The predicted molar refractivity (Wildman–Crippen MR) is 68.8 cm³/mol. The Morgan fingerprint density at radius 1 is 1.44 bits per heavy atom. The molecule has 0 bridgehead atoms. The van der Waals surface area contributed by atoms with E-state index in [1.165, 1.54) is 12.8 Å². The molecule has 0 aromatic carbocycles. The van der Waals surface area contributed by atoms with Gasteiger partial charge in [-0.15, -0.1) is 0 Å². The molecule has 18 heavy (non-hydrogen) atoms. The molecule has 2 aliphatic carbocycles. The van der Waals surface area contributed by atoms with E-state index in [1.54, 1.807) is 0 Å². The van der Waals surface area contributed by atoms with Gasteiger partial charge in [-0.1, -0.05) is 12.2 Å². The molecular formula is C14H19N3O. The fraction of sp³-hybridized carbons (Fsp3) is 0.571. The zero-order valence-corrected chi connectivity index (χ0v) is 10.5. The molecule has 2 aliphatic rings. The largest absolute Gasteiger partial charge is 0.350 e. The minimum atomic E-state index is 0.148. The van der Waals surface area contributed by atoms with Crippen LogP contribution in [0.15, 0.2) is 24.7 Å². The Hall–Kier alpha value is -1.58. The first kappa shape index (κ1) is 11.5. The Labute approximate surface area is 107 Å². The topological polar surface area (TPSA) is 46.9 Å². The molecule has 0 unspecified atom stereocenters. The van der Waals surface area contributed by atoms with Gasteiger partial charge >= 0.3 is 0 Å². The highest BCUT2D eigenvalue weighted by atomic mass is 16.1. The Morgan fingerprint density at radius 2 is 2.33 bits per heavy atom. The normalized spacial score (nSPS) is 22.3. The summed E-state index contributed by atoms with van der Waals surface area (Å²) in [5.74, 6) is 0.591. The van der Waals surface area contributed by atoms with E-state index < -0.39 is 0 Å². The summed E-state index contributed by atoms with van der Waals surface area (Å²) < 4.78 is 2.19. The molecule has 0 radical (unpaired) electrons. The molecule has 3 rings (SSSR count). The van der Waals surface area contributed by atoms with Crippen molar-refractivity contribution in [2.24, 2.45) is 5.92 Å². The summed E-state index contributed by atoms with van der Waals surface area (Å²) in [5, 5.41) is 3.00. The molecule has 1 saturated carbocycles. The molecule has 1 heterocycles. The quantitative estimate of drug-likeness (QED) is 0.808. The fourth-order valence-electron chi connectivity index (χ4n) is 2.52. The van der Waals surface area contributed by atoms with Gasteiger partial charge in [0.1, 0.15) is 0 Å². The van der Waals surface area contributed by atoms with Crippen molar-refractivity contribution in [1.82, 2.24) is 14.9 Å². The number of rotatable bonds is 5. The van der Waals surface area contributed by atoms with Gasteiger partial charge in [0.2, 0.25) is 5.91 Å². The van der Waals surface area contributed by atoms with E-state index in [0.29, 0.717) is 24.9 Å². The maximum Gasteiger partial charge on any atom is 0.220 e. The van der Waals surface area contributed by atoms with E-state index in [2.05, 4.69) is 27.0 Å². The lowest BCUT2D eigenvalue weighted by molar-refractivity contribution is -0.121. The highest BCUT2D eigenvalue weighted by molar-refractivity contribution is 5.76. The summed E-state index contributed by atoms with van der Waals surface area (Å²) in [6.45, 7) is 0.603. The van der Waals surface area contributed by atoms with Crippen molar-refractivity contribution in [1.29, 1.82) is 0 Å². The predicted octanol–water partition coefficient (Wildman–Crippen LogP) is 2.19. The molecule has 4 heteroatoms. The minimum Gasteiger partial charge on any atom is -0.350 e. The summed E-state index contributed by atoms with van der Waals surface area (Å²) >= 11 is 0. The monoisotopic (exact) mass is 245 g/mol. The van der Waals surface area contributed by atoms with Gasteiger partial charge < -0.3 is 9.88 Å². The number of imidazole rings is 1. The fourth-order valence-corrected chi connectivity index (χ4v) is 2.52. The van der Waals surface area contributed by atoms with Crippen LogP contribution in [0.2, 0.25) is 0 Å². The number of carbonyl (C=O) groups is 1. The van der Waals surface area contributed by atoms with Crippen molar-refractivity contribution in [2.75, 3.05) is 0 Å². The average molecular weight is 245 g/mol. The summed E-state index contributed by atoms with van der Waals surface area (Å²) in [5.41, 5.74) is 1.12. The average Bonchev–Trinajstić information content (AvgIpc) is 2.90. The van der Waals surface area contributed by atoms with Crippen LogP contribution < -0.4 is 5.32 Å². The second-order valence-corrected chi connectivity index (χ2v) is 5.27. The lowest BCUT2D eigenvalue weighted by Gasteiger charge is -2.10. The number of nitrogens with one attached hydrogen (secondary N) is 1. The van der Waals surface area contributed by atoms with Gasteiger partial charge in [0.25, 0.3) is 0 Å². The maximum absolute atomic E-state index is 11.8. The van der Waals surface area contributed by atoms with Gasteiger partial charge in [-0.3, -0.25) is 4.79 Å². The van der Waals surface area contributed by atoms with Gasteiger partial charge in [-0.05, 0) is 31.6 Å². The maximum atomic E-state index is 11.8. The molecule has 1 amide bonds. The molecule has 4 nitrogen and oxygen atoms in total. The third-order valence-corrected chi connectivity index (χ3v) is 3.71. The van der Waals surface area contributed by atoms with Crippen LogP contribution >= 0.6 is 0 Å². The van der Waals surface area contributed by atoms with Crippen molar-refractivity contribution >= 4 is 5.91 Å². The number of nitrogens with zero attached hydrogens (tertiary/aromatic N) is 2. The molecular weight excluding hydrogens is 226 g/mol. The smallest absolute Gasteiger partial charge is 0.220 e. The van der Waals surface area contributed by atoms with Gasteiger partial charge in [-0.25, -0.2) is 4.98 Å². The molecule has 1 fully saturated rings. The number of hydrogen-bond donors (Lipinski definition) is 1. The molecule has 0 aliphatic heterocycles. The van der Waals surface area contributed by atoms with Gasteiger partial charge in [0.15, 0.2) is 0 Å². The summed E-state index contributed by atoms with van der Waals surface area (Å²) in [6.07, 6.45) is 13.4. The van der Waals surface area contributed by atoms with E-state index in [9.17, 15) is 4.79 Å². The van der Waals surface area contributed by atoms with Gasteiger partial charge in [0.05, 0.1) is 18.6 Å². The zero-order valence-electron chi connectivity index (χ0n) is 10.5. The number of carbonyl (C=O) groups excluding carboxylic acids is 1. The first-order valence-corrected chi connectivity index (χ1v) is 6.77. The Morgan fingerprint density at radius 3 is 3.06 bits per heavy atom. The van der Waals surface area contributed by atoms with Crippen LogP contribution in [0.1, 0.15) is 43.8 Å². The van der Waals surface area contributed by atoms with Crippen LogP contribution in [-0.2, 0) is 11.3 Å². The van der Waals surface area contributed by atoms with Gasteiger partial charge in [0, 0.05) is 18.7 Å². The highest BCUT2D eigenvalue weighted by Crippen LogP contribution is 2.35. The molecule has 96 valence electrons. The Bertz CT molecular complexity index is 459. The third kappa shape index (κ3) is 2.63. The van der Waals surface area contributed by atoms with Crippen molar-refractivity contribution in [3.63, 3.8) is 0 Å². The van der Waals surface area contributed by atoms with Crippen LogP contribution in [0.4, 0.5) is 0 Å². The van der Waals surface area contributed by atoms with Crippen molar-refractivity contribution in [3.05, 3.63) is 30.4 Å². The third-order valence-electron chi connectivity index (χ3n) is 3.71. The highest BCUT2D eigenvalue weighted by Gasteiger charge is 2.25.